The highest BCUT2D eigenvalue weighted by Crippen LogP contribution is 2.36. The number of rotatable bonds is 5. The molecule has 3 rings (SSSR count). The molecule has 0 aliphatic carbocycles. The van der Waals surface area contributed by atoms with E-state index in [1.807, 2.05) is 0 Å². The van der Waals surface area contributed by atoms with E-state index >= 15 is 0 Å². The van der Waals surface area contributed by atoms with Crippen LogP contribution in [0.2, 0.25) is 0 Å². The van der Waals surface area contributed by atoms with Gasteiger partial charge < -0.3 is 15.5 Å². The Hall–Kier alpha value is -1.88. The predicted octanol–water partition coefficient (Wildman–Crippen LogP) is 3.45. The van der Waals surface area contributed by atoms with Crippen molar-refractivity contribution in [2.45, 2.75) is 53.1 Å². The van der Waals surface area contributed by atoms with Crippen LogP contribution < -0.4 is 10.7 Å². The molecule has 142 valence electrons. The molecule has 2 N–H and O–H groups in total. The molecule has 2 fully saturated rings. The number of aliphatic imine (C=N–C) groups is 1. The maximum absolute atomic E-state index is 5.73. The van der Waals surface area contributed by atoms with Gasteiger partial charge in [0.15, 0.2) is 0 Å². The number of nitrogens with two attached hydrogens (primary N) is 1. The average molecular weight is 357 g/mol. The number of hydrogen-bond acceptors (Lipinski definition) is 5. The number of aryl methyl sites for hydroxylation is 2. The van der Waals surface area contributed by atoms with E-state index in [0.29, 0.717) is 12.0 Å². The summed E-state index contributed by atoms with van der Waals surface area (Å²) in [5.74, 6) is 5.67. The fourth-order valence-electron chi connectivity index (χ4n) is 3.96. The summed E-state index contributed by atoms with van der Waals surface area (Å²) in [7, 11) is 0. The fourth-order valence-corrected chi connectivity index (χ4v) is 3.96. The van der Waals surface area contributed by atoms with Gasteiger partial charge in [0, 0.05) is 37.2 Å². The van der Waals surface area contributed by atoms with Crippen LogP contribution in [0.5, 0.6) is 0 Å². The Bertz CT molecular complexity index is 694. The van der Waals surface area contributed by atoms with Gasteiger partial charge >= 0.3 is 0 Å². The first-order chi connectivity index (χ1) is 12.4. The summed E-state index contributed by atoms with van der Waals surface area (Å²) in [5, 5.41) is 3.99. The lowest BCUT2D eigenvalue weighted by atomic mass is 9.83. The number of ether oxygens (including phenoxy) is 1. The molecule has 2 heterocycles. The molecule has 0 amide bonds. The standard InChI is InChI=1S/C21H32N4O/c1-15-10-20(25-13-21(3,4)14-25)16(2)9-18(15)19(24-22)12-23-11-17-7-5-6-8-26-17/h9-10,12,17H,5-8,11,13-14,22H2,1-4H3/b23-12?,24-19+. The summed E-state index contributed by atoms with van der Waals surface area (Å²) in [5.41, 5.74) is 5.95. The summed E-state index contributed by atoms with van der Waals surface area (Å²) in [6.07, 6.45) is 5.51. The van der Waals surface area contributed by atoms with Crippen LogP contribution in [0, 0.1) is 19.3 Å². The van der Waals surface area contributed by atoms with Crippen molar-refractivity contribution < 1.29 is 4.74 Å². The summed E-state index contributed by atoms with van der Waals surface area (Å²) < 4.78 is 5.73. The van der Waals surface area contributed by atoms with Crippen molar-refractivity contribution in [3.8, 4) is 0 Å². The van der Waals surface area contributed by atoms with Crippen LogP contribution in [0.1, 0.15) is 49.8 Å². The first kappa shape index (κ1) is 18.9. The fraction of sp³-hybridized carbons (Fsp3) is 0.619. The molecule has 1 unspecified atom stereocenters. The van der Waals surface area contributed by atoms with E-state index in [1.54, 1.807) is 6.21 Å². The number of hydrazone groups is 1. The SMILES string of the molecule is Cc1cc(N2CC(C)(C)C2)c(C)cc1/C(C=NCC1CCCCO1)=N/N. The Morgan fingerprint density at radius 2 is 2.04 bits per heavy atom. The van der Waals surface area contributed by atoms with Crippen LogP contribution in [0.15, 0.2) is 22.2 Å². The molecule has 5 heteroatoms. The van der Waals surface area contributed by atoms with E-state index in [0.717, 1.165) is 43.8 Å². The first-order valence-corrected chi connectivity index (χ1v) is 9.65. The Morgan fingerprint density at radius 3 is 2.65 bits per heavy atom. The van der Waals surface area contributed by atoms with E-state index < -0.39 is 0 Å². The smallest absolute Gasteiger partial charge is 0.108 e. The molecule has 0 bridgehead atoms. The molecule has 0 spiro atoms. The Balaban J connectivity index is 1.71. The van der Waals surface area contributed by atoms with Gasteiger partial charge in [-0.3, -0.25) is 4.99 Å². The van der Waals surface area contributed by atoms with Gasteiger partial charge in [0.1, 0.15) is 5.71 Å². The molecule has 2 aliphatic heterocycles. The summed E-state index contributed by atoms with van der Waals surface area (Å²) in [6, 6.07) is 4.44. The second kappa shape index (κ2) is 7.78. The lowest BCUT2D eigenvalue weighted by Crippen LogP contribution is -2.53. The van der Waals surface area contributed by atoms with Crippen molar-refractivity contribution in [1.29, 1.82) is 0 Å². The second-order valence-corrected chi connectivity index (χ2v) is 8.47. The lowest BCUT2D eigenvalue weighted by Gasteiger charge is -2.48. The van der Waals surface area contributed by atoms with Crippen molar-refractivity contribution in [2.24, 2.45) is 21.4 Å². The highest BCUT2D eigenvalue weighted by molar-refractivity contribution is 6.38. The zero-order chi connectivity index (χ0) is 18.7. The zero-order valence-corrected chi connectivity index (χ0v) is 16.6. The Labute approximate surface area is 157 Å². The molecule has 26 heavy (non-hydrogen) atoms. The van der Waals surface area contributed by atoms with Crippen molar-refractivity contribution in [3.05, 3.63) is 28.8 Å². The van der Waals surface area contributed by atoms with Crippen molar-refractivity contribution >= 4 is 17.6 Å². The largest absolute Gasteiger partial charge is 0.376 e. The van der Waals surface area contributed by atoms with Crippen LogP contribution in [0.25, 0.3) is 0 Å². The third-order valence-electron chi connectivity index (χ3n) is 5.33. The van der Waals surface area contributed by atoms with E-state index in [9.17, 15) is 0 Å². The molecule has 0 radical (unpaired) electrons. The van der Waals surface area contributed by atoms with E-state index in [-0.39, 0.29) is 6.10 Å². The summed E-state index contributed by atoms with van der Waals surface area (Å²) in [6.45, 7) is 12.6. The molecular formula is C21H32N4O. The van der Waals surface area contributed by atoms with Crippen LogP contribution >= 0.6 is 0 Å². The topological polar surface area (TPSA) is 63.2 Å². The minimum atomic E-state index is 0.235. The molecular weight excluding hydrogens is 324 g/mol. The zero-order valence-electron chi connectivity index (χ0n) is 16.6. The third-order valence-corrected chi connectivity index (χ3v) is 5.33. The van der Waals surface area contributed by atoms with Gasteiger partial charge in [-0.2, -0.15) is 5.10 Å². The van der Waals surface area contributed by atoms with Gasteiger partial charge in [-0.15, -0.1) is 0 Å². The minimum Gasteiger partial charge on any atom is -0.376 e. The maximum atomic E-state index is 5.73. The Morgan fingerprint density at radius 1 is 1.27 bits per heavy atom. The lowest BCUT2D eigenvalue weighted by molar-refractivity contribution is 0.0226. The Kier molecular flexibility index (Phi) is 5.66. The van der Waals surface area contributed by atoms with Crippen molar-refractivity contribution in [1.82, 2.24) is 0 Å². The first-order valence-electron chi connectivity index (χ1n) is 9.65. The summed E-state index contributed by atoms with van der Waals surface area (Å²) in [4.78, 5) is 6.99. The van der Waals surface area contributed by atoms with Crippen molar-refractivity contribution in [3.63, 3.8) is 0 Å². The molecule has 1 aromatic rings. The van der Waals surface area contributed by atoms with Gasteiger partial charge in [0.05, 0.1) is 12.6 Å². The van der Waals surface area contributed by atoms with Gasteiger partial charge in [0.2, 0.25) is 0 Å². The number of nitrogens with zero attached hydrogens (tertiary/aromatic N) is 3. The van der Waals surface area contributed by atoms with Crippen LogP contribution in [-0.4, -0.2) is 44.3 Å². The summed E-state index contributed by atoms with van der Waals surface area (Å²) >= 11 is 0. The number of hydrogen-bond donors (Lipinski definition) is 1. The normalized spacial score (nSPS) is 23.3. The van der Waals surface area contributed by atoms with Crippen molar-refractivity contribution in [2.75, 3.05) is 31.1 Å². The number of benzene rings is 1. The molecule has 2 aliphatic rings. The maximum Gasteiger partial charge on any atom is 0.108 e. The average Bonchev–Trinajstić information content (AvgIpc) is 2.59. The molecule has 2 saturated heterocycles. The quantitative estimate of drug-likeness (QED) is 0.499. The third kappa shape index (κ3) is 4.26. The van der Waals surface area contributed by atoms with E-state index in [4.69, 9.17) is 10.6 Å². The van der Waals surface area contributed by atoms with Crippen LogP contribution in [0.4, 0.5) is 5.69 Å². The van der Waals surface area contributed by atoms with E-state index in [2.05, 4.69) is 54.8 Å². The monoisotopic (exact) mass is 356 g/mol. The molecule has 5 nitrogen and oxygen atoms in total. The predicted molar refractivity (Wildman–Crippen MR) is 110 cm³/mol. The van der Waals surface area contributed by atoms with Crippen LogP contribution in [-0.2, 0) is 4.74 Å². The minimum absolute atomic E-state index is 0.235. The number of anilines is 1. The van der Waals surface area contributed by atoms with Gasteiger partial charge in [-0.25, -0.2) is 0 Å². The van der Waals surface area contributed by atoms with Gasteiger partial charge in [-0.05, 0) is 61.8 Å². The highest BCUT2D eigenvalue weighted by atomic mass is 16.5. The molecule has 1 atom stereocenters. The van der Waals surface area contributed by atoms with Crippen LogP contribution in [0.3, 0.4) is 0 Å². The molecule has 0 aromatic heterocycles. The molecule has 1 aromatic carbocycles. The van der Waals surface area contributed by atoms with Gasteiger partial charge in [0.25, 0.3) is 0 Å². The van der Waals surface area contributed by atoms with Gasteiger partial charge in [-0.1, -0.05) is 13.8 Å². The second-order valence-electron chi connectivity index (χ2n) is 8.47. The highest BCUT2D eigenvalue weighted by Gasteiger charge is 2.34. The van der Waals surface area contributed by atoms with E-state index in [1.165, 1.54) is 23.2 Å². The molecule has 0 saturated carbocycles.